The van der Waals surface area contributed by atoms with Crippen molar-refractivity contribution in [1.82, 2.24) is 29.5 Å². The Morgan fingerprint density at radius 2 is 2.06 bits per heavy atom. The molecule has 0 saturated carbocycles. The molecule has 2 aromatic heterocycles. The number of nitrogens with two attached hydrogens (primary N) is 1. The number of benzene rings is 1. The van der Waals surface area contributed by atoms with Crippen LogP contribution in [0.1, 0.15) is 76.2 Å². The maximum atomic E-state index is 14.6. The Morgan fingerprint density at radius 1 is 1.20 bits per heavy atom. The summed E-state index contributed by atoms with van der Waals surface area (Å²) in [5.74, 6) is -0.0659. The SMILES string of the molecule is CN(C)C(=O)c1cc2n(n1)C[C@H](C#N)CN(c1nc(OC[C@@]34CCCN3C[C@H](F)C4)nc3c1CO[C@@]1(CCCc4ccc(N)c(C#N)c41)C3)C2. The number of carbonyl (C=O) groups is 1. The first kappa shape index (κ1) is 32.4. The summed E-state index contributed by atoms with van der Waals surface area (Å²) in [7, 11) is 3.36. The fraction of sp³-hybridized carbons (Fsp3) is 0.556. The van der Waals surface area contributed by atoms with E-state index in [0.717, 1.165) is 60.3 Å². The van der Waals surface area contributed by atoms with Gasteiger partial charge in [0, 0.05) is 56.8 Å². The minimum absolute atomic E-state index is 0.183. The van der Waals surface area contributed by atoms with Crippen molar-refractivity contribution in [3.63, 3.8) is 0 Å². The molecule has 2 saturated heterocycles. The number of fused-ring (bicyclic) bond motifs is 5. The smallest absolute Gasteiger partial charge is 0.318 e. The minimum Gasteiger partial charge on any atom is -0.461 e. The fourth-order valence-corrected chi connectivity index (χ4v) is 8.93. The largest absolute Gasteiger partial charge is 0.461 e. The van der Waals surface area contributed by atoms with Crippen LogP contribution in [0.3, 0.4) is 0 Å². The van der Waals surface area contributed by atoms with Crippen molar-refractivity contribution in [2.24, 2.45) is 5.92 Å². The van der Waals surface area contributed by atoms with Crippen LogP contribution in [0.2, 0.25) is 0 Å². The van der Waals surface area contributed by atoms with Crippen LogP contribution in [0, 0.1) is 28.6 Å². The third kappa shape index (κ3) is 5.33. The average Bonchev–Trinajstić information content (AvgIpc) is 3.74. The quantitative estimate of drug-likeness (QED) is 0.394. The van der Waals surface area contributed by atoms with E-state index in [9.17, 15) is 19.7 Å². The molecule has 8 rings (SSSR count). The summed E-state index contributed by atoms with van der Waals surface area (Å²) in [6.45, 7) is 2.76. The Hall–Kier alpha value is -4.79. The van der Waals surface area contributed by atoms with E-state index in [1.54, 1.807) is 30.9 Å². The average molecular weight is 681 g/mol. The number of nitrogens with zero attached hydrogens (tertiary/aromatic N) is 9. The molecule has 5 aliphatic rings. The molecule has 2 fully saturated rings. The number of aryl methyl sites for hydroxylation is 1. The Balaban J connectivity index is 1.21. The number of hydrogen-bond donors (Lipinski definition) is 1. The van der Waals surface area contributed by atoms with Gasteiger partial charge in [-0.1, -0.05) is 6.07 Å². The fourth-order valence-electron chi connectivity index (χ4n) is 8.93. The Bertz CT molecular complexity index is 1950. The van der Waals surface area contributed by atoms with Gasteiger partial charge in [0.15, 0.2) is 5.69 Å². The van der Waals surface area contributed by atoms with E-state index in [1.807, 2.05) is 11.0 Å². The van der Waals surface area contributed by atoms with Gasteiger partial charge >= 0.3 is 6.01 Å². The monoisotopic (exact) mass is 680 g/mol. The number of rotatable bonds is 5. The normalized spacial score (nSPS) is 27.0. The van der Waals surface area contributed by atoms with E-state index in [0.29, 0.717) is 68.2 Å². The third-order valence-electron chi connectivity index (χ3n) is 11.3. The van der Waals surface area contributed by atoms with Gasteiger partial charge in [-0.15, -0.1) is 0 Å². The van der Waals surface area contributed by atoms with Crippen molar-refractivity contribution in [2.75, 3.05) is 51.0 Å². The number of hydrogen-bond acceptors (Lipinski definition) is 11. The highest BCUT2D eigenvalue weighted by Crippen LogP contribution is 2.48. The van der Waals surface area contributed by atoms with E-state index in [4.69, 9.17) is 25.2 Å². The van der Waals surface area contributed by atoms with E-state index in [2.05, 4.69) is 22.1 Å². The Labute approximate surface area is 290 Å². The maximum absolute atomic E-state index is 14.6. The van der Waals surface area contributed by atoms with Gasteiger partial charge in [0.25, 0.3) is 5.91 Å². The highest BCUT2D eigenvalue weighted by Gasteiger charge is 2.50. The van der Waals surface area contributed by atoms with Crippen LogP contribution in [0.5, 0.6) is 6.01 Å². The van der Waals surface area contributed by atoms with Crippen LogP contribution in [-0.2, 0) is 42.9 Å². The summed E-state index contributed by atoms with van der Waals surface area (Å²) >= 11 is 0. The lowest BCUT2D eigenvalue weighted by Crippen LogP contribution is -2.44. The van der Waals surface area contributed by atoms with Gasteiger partial charge in [0.2, 0.25) is 0 Å². The van der Waals surface area contributed by atoms with Gasteiger partial charge in [-0.3, -0.25) is 14.4 Å². The van der Waals surface area contributed by atoms with Crippen LogP contribution in [0.25, 0.3) is 0 Å². The zero-order valence-electron chi connectivity index (χ0n) is 28.5. The number of nitriles is 2. The van der Waals surface area contributed by atoms with Crippen molar-refractivity contribution in [2.45, 2.75) is 82.0 Å². The van der Waals surface area contributed by atoms with Crippen LogP contribution in [0.15, 0.2) is 18.2 Å². The number of aromatic nitrogens is 4. The van der Waals surface area contributed by atoms with Crippen LogP contribution >= 0.6 is 0 Å². The number of ether oxygens (including phenoxy) is 2. The molecule has 14 heteroatoms. The number of amides is 1. The number of carbonyl (C=O) groups excluding carboxylic acids is 1. The molecule has 1 amide bonds. The summed E-state index contributed by atoms with van der Waals surface area (Å²) in [5.41, 5.74) is 10.5. The molecule has 4 aliphatic heterocycles. The van der Waals surface area contributed by atoms with Gasteiger partial charge in [0.1, 0.15) is 30.3 Å². The van der Waals surface area contributed by atoms with Gasteiger partial charge in [-0.2, -0.15) is 25.6 Å². The van der Waals surface area contributed by atoms with Crippen molar-refractivity contribution >= 4 is 17.4 Å². The van der Waals surface area contributed by atoms with E-state index in [-0.39, 0.29) is 30.7 Å². The highest BCUT2D eigenvalue weighted by atomic mass is 19.1. The molecule has 6 heterocycles. The molecule has 0 radical (unpaired) electrons. The molecule has 2 N–H and O–H groups in total. The standard InChI is InChI=1S/C36H41FN10O3/c1-44(2)33(48)29-11-25-19-45(16-22(14-38)17-47(25)43-29)32-27-20-50-36(9-3-5-23-6-7-28(40)26(15-39)31(23)36)13-30(27)41-34(42-32)49-21-35-8-4-10-46(35)18-24(37)12-35/h6-7,11,22,24H,3-5,8-10,12-13,16-21,40H2,1-2H3/t22-,24-,35+,36+/m1/s1. The van der Waals surface area contributed by atoms with Gasteiger partial charge in [-0.25, -0.2) is 4.39 Å². The minimum atomic E-state index is -0.891. The predicted octanol–water partition coefficient (Wildman–Crippen LogP) is 3.25. The Morgan fingerprint density at radius 3 is 2.86 bits per heavy atom. The van der Waals surface area contributed by atoms with Crippen LogP contribution < -0.4 is 15.4 Å². The molecule has 1 aromatic carbocycles. The summed E-state index contributed by atoms with van der Waals surface area (Å²) < 4.78 is 29.7. The lowest BCUT2D eigenvalue weighted by molar-refractivity contribution is -0.0857. The van der Waals surface area contributed by atoms with Gasteiger partial charge < -0.3 is 25.0 Å². The van der Waals surface area contributed by atoms with E-state index in [1.165, 1.54) is 4.90 Å². The van der Waals surface area contributed by atoms with Crippen LogP contribution in [0.4, 0.5) is 15.9 Å². The summed E-state index contributed by atoms with van der Waals surface area (Å²) in [5, 5.41) is 25.0. The first-order valence-electron chi connectivity index (χ1n) is 17.4. The summed E-state index contributed by atoms with van der Waals surface area (Å²) in [4.78, 5) is 28.6. The van der Waals surface area contributed by atoms with Crippen molar-refractivity contribution in [3.8, 4) is 18.1 Å². The summed E-state index contributed by atoms with van der Waals surface area (Å²) in [6.07, 6.45) is 4.17. The number of halogens is 1. The second kappa shape index (κ2) is 12.2. The Kier molecular flexibility index (Phi) is 7.92. The molecule has 3 aromatic rings. The topological polar surface area (TPSA) is 162 Å². The predicted molar refractivity (Wildman–Crippen MR) is 180 cm³/mol. The molecule has 1 aliphatic carbocycles. The maximum Gasteiger partial charge on any atom is 0.318 e. The molecule has 260 valence electrons. The lowest BCUT2D eigenvalue weighted by atomic mass is 9.72. The zero-order chi connectivity index (χ0) is 34.8. The van der Waals surface area contributed by atoms with Crippen molar-refractivity contribution in [3.05, 3.63) is 57.5 Å². The second-order valence-electron chi connectivity index (χ2n) is 14.7. The number of alkyl halides is 1. The molecular formula is C36H41FN10O3. The molecule has 0 unspecified atom stereocenters. The summed E-state index contributed by atoms with van der Waals surface area (Å²) in [6, 6.07) is 10.5. The zero-order valence-corrected chi connectivity index (χ0v) is 28.5. The van der Waals surface area contributed by atoms with Gasteiger partial charge in [-0.05, 0) is 56.3 Å². The first-order chi connectivity index (χ1) is 24.1. The molecule has 4 atom stereocenters. The molecular weight excluding hydrogens is 639 g/mol. The molecule has 0 bridgehead atoms. The highest BCUT2D eigenvalue weighted by molar-refractivity contribution is 5.92. The number of nitrogen functional groups attached to an aromatic ring is 1. The van der Waals surface area contributed by atoms with Crippen molar-refractivity contribution in [1.29, 1.82) is 10.5 Å². The van der Waals surface area contributed by atoms with Gasteiger partial charge in [0.05, 0.1) is 54.2 Å². The molecule has 50 heavy (non-hydrogen) atoms. The second-order valence-corrected chi connectivity index (χ2v) is 14.7. The van der Waals surface area contributed by atoms with E-state index < -0.39 is 17.7 Å². The van der Waals surface area contributed by atoms with Crippen LogP contribution in [-0.4, -0.2) is 87.5 Å². The molecule has 13 nitrogen and oxygen atoms in total. The lowest BCUT2D eigenvalue weighted by Gasteiger charge is -2.43. The third-order valence-corrected chi connectivity index (χ3v) is 11.3. The first-order valence-corrected chi connectivity index (χ1v) is 17.4. The van der Waals surface area contributed by atoms with Crippen molar-refractivity contribution < 1.29 is 18.7 Å². The van der Waals surface area contributed by atoms with E-state index >= 15 is 0 Å². The number of anilines is 2. The molecule has 1 spiro atoms.